The first-order valence-electron chi connectivity index (χ1n) is 1.82. The number of hydrogen-bond acceptors (Lipinski definition) is 0. The molecule has 0 aromatic carbocycles. The fraction of sp³-hybridized carbons (Fsp3) is 0.667. The smallest absolute Gasteiger partial charge is 0.192 e. The van der Waals surface area contributed by atoms with Gasteiger partial charge in [-0.2, -0.15) is 26.3 Å². The van der Waals surface area contributed by atoms with Crippen molar-refractivity contribution in [3.05, 3.63) is 6.43 Å². The van der Waals surface area contributed by atoms with E-state index in [9.17, 15) is 26.3 Å². The third kappa shape index (κ3) is 1.68. The van der Waals surface area contributed by atoms with Crippen LogP contribution in [0.4, 0.5) is 26.3 Å². The van der Waals surface area contributed by atoms with Gasteiger partial charge < -0.3 is 0 Å². The molecule has 0 amide bonds. The number of rotatable bonds is 2. The van der Waals surface area contributed by atoms with E-state index in [1.165, 1.54) is 0 Å². The van der Waals surface area contributed by atoms with Crippen molar-refractivity contribution in [3.8, 4) is 0 Å². The molecule has 0 spiro atoms. The van der Waals surface area contributed by atoms with Crippen LogP contribution in [-0.2, 0) is 0 Å². The van der Waals surface area contributed by atoms with E-state index in [0.29, 0.717) is 0 Å². The number of hydrogen-bond donors (Lipinski definition) is 0. The molecule has 61 valence electrons. The highest BCUT2D eigenvalue weighted by molar-refractivity contribution is 6.22. The quantitative estimate of drug-likeness (QED) is 0.458. The van der Waals surface area contributed by atoms with Gasteiger partial charge in [0.2, 0.25) is 0 Å². The summed E-state index contributed by atoms with van der Waals surface area (Å²) in [6.45, 7) is 0. The predicted molar refractivity (Wildman–Crippen MR) is 21.2 cm³/mol. The largest absolute Gasteiger partial charge is 0.393 e. The minimum absolute atomic E-state index is 3.64. The topological polar surface area (TPSA) is 0 Å². The molecule has 7 heteroatoms. The lowest BCUT2D eigenvalue weighted by Gasteiger charge is -2.17. The van der Waals surface area contributed by atoms with Gasteiger partial charge in [0.05, 0.1) is 0 Å². The summed E-state index contributed by atoms with van der Waals surface area (Å²) < 4.78 is 67.1. The fourth-order valence-corrected chi connectivity index (χ4v) is 0.179. The second kappa shape index (κ2) is 2.48. The van der Waals surface area contributed by atoms with Crippen LogP contribution in [0.3, 0.4) is 0 Å². The Kier molecular flexibility index (Phi) is 2.45. The Balaban J connectivity index is 4.40. The van der Waals surface area contributed by atoms with Crippen LogP contribution in [0.15, 0.2) is 0 Å². The summed E-state index contributed by atoms with van der Waals surface area (Å²) in [5.41, 5.74) is 0. The second-order valence-electron chi connectivity index (χ2n) is 1.33. The zero-order chi connectivity index (χ0) is 8.58. The Morgan fingerprint density at radius 2 is 1.30 bits per heavy atom. The molecule has 0 bridgehead atoms. The normalized spacial score (nSPS) is 14.4. The summed E-state index contributed by atoms with van der Waals surface area (Å²) in [5.74, 6) is -5.55. The van der Waals surface area contributed by atoms with E-state index in [-0.39, 0.29) is 0 Å². The van der Waals surface area contributed by atoms with E-state index in [1.807, 2.05) is 0 Å². The van der Waals surface area contributed by atoms with Crippen molar-refractivity contribution in [2.75, 3.05) is 0 Å². The summed E-state index contributed by atoms with van der Waals surface area (Å²) in [7, 11) is 0. The van der Waals surface area contributed by atoms with E-state index >= 15 is 0 Å². The first-order valence-corrected chi connectivity index (χ1v) is 2.20. The third-order valence-electron chi connectivity index (χ3n) is 0.593. The zero-order valence-corrected chi connectivity index (χ0v) is 4.90. The molecule has 1 radical (unpaired) electrons. The van der Waals surface area contributed by atoms with Crippen LogP contribution in [0.5, 0.6) is 0 Å². The molecule has 0 fully saturated rings. The molecule has 10 heavy (non-hydrogen) atoms. The average Bonchev–Trinajstić information content (AvgIpc) is 1.62. The first-order chi connectivity index (χ1) is 4.19. The van der Waals surface area contributed by atoms with E-state index in [1.54, 1.807) is 0 Å². The predicted octanol–water partition coefficient (Wildman–Crippen LogP) is 2.88. The third-order valence-corrected chi connectivity index (χ3v) is 0.831. The van der Waals surface area contributed by atoms with Crippen LogP contribution in [0.25, 0.3) is 0 Å². The van der Waals surface area contributed by atoms with Gasteiger partial charge >= 0.3 is 17.7 Å². The van der Waals surface area contributed by atoms with Crippen molar-refractivity contribution in [1.82, 2.24) is 0 Å². The molecule has 0 aliphatic heterocycles. The molecule has 0 unspecified atom stereocenters. The van der Waals surface area contributed by atoms with Crippen molar-refractivity contribution < 1.29 is 26.3 Å². The van der Waals surface area contributed by atoms with Gasteiger partial charge in [0.25, 0.3) is 0 Å². The maximum Gasteiger partial charge on any atom is 0.393 e. The van der Waals surface area contributed by atoms with Crippen molar-refractivity contribution >= 4 is 11.6 Å². The van der Waals surface area contributed by atoms with Crippen molar-refractivity contribution in [2.24, 2.45) is 0 Å². The molecule has 0 rings (SSSR count). The highest BCUT2D eigenvalue weighted by atomic mass is 35.5. The molecular formula is C3ClF6. The van der Waals surface area contributed by atoms with Crippen LogP contribution in [0, 0.1) is 6.43 Å². The highest BCUT2D eigenvalue weighted by Gasteiger charge is 2.63. The van der Waals surface area contributed by atoms with Gasteiger partial charge in [0.1, 0.15) is 0 Å². The van der Waals surface area contributed by atoms with Crippen molar-refractivity contribution in [1.29, 1.82) is 0 Å². The van der Waals surface area contributed by atoms with Crippen LogP contribution in [0.1, 0.15) is 0 Å². The summed E-state index contributed by atoms with van der Waals surface area (Å²) in [6.07, 6.45) is -3.70. The Hall–Kier alpha value is -0.130. The first kappa shape index (κ1) is 9.87. The Morgan fingerprint density at radius 1 is 1.00 bits per heavy atom. The van der Waals surface area contributed by atoms with Crippen molar-refractivity contribution in [2.45, 2.75) is 11.3 Å². The molecular weight excluding hydrogens is 185 g/mol. The molecule has 0 nitrogen and oxygen atoms in total. The van der Waals surface area contributed by atoms with Crippen LogP contribution < -0.4 is 0 Å². The Morgan fingerprint density at radius 3 is 1.30 bits per heavy atom. The van der Waals surface area contributed by atoms with Gasteiger partial charge in [-0.1, -0.05) is 0 Å². The molecule has 0 saturated carbocycles. The standard InChI is InChI=1S/C3ClF6/c4-3(9,10)2(7,8)1(5)6. The minimum Gasteiger partial charge on any atom is -0.192 e. The van der Waals surface area contributed by atoms with Crippen molar-refractivity contribution in [3.63, 3.8) is 0 Å². The molecule has 0 N–H and O–H groups in total. The molecule has 0 saturated heterocycles. The van der Waals surface area contributed by atoms with Gasteiger partial charge in [-0.25, -0.2) is 0 Å². The Labute approximate surface area is 56.8 Å². The molecule has 0 aliphatic rings. The minimum atomic E-state index is -5.55. The summed E-state index contributed by atoms with van der Waals surface area (Å²) >= 11 is 3.64. The second-order valence-corrected chi connectivity index (χ2v) is 1.81. The number of halogens is 7. The van der Waals surface area contributed by atoms with Crippen LogP contribution in [-0.4, -0.2) is 11.3 Å². The average molecular weight is 185 g/mol. The number of alkyl halides is 5. The summed E-state index contributed by atoms with van der Waals surface area (Å²) in [5, 5.41) is -5.23. The maximum atomic E-state index is 11.4. The van der Waals surface area contributed by atoms with Gasteiger partial charge in [-0.15, -0.1) is 0 Å². The van der Waals surface area contributed by atoms with Gasteiger partial charge in [0.15, 0.2) is 0 Å². The van der Waals surface area contributed by atoms with E-state index in [0.717, 1.165) is 0 Å². The van der Waals surface area contributed by atoms with Crippen LogP contribution >= 0.6 is 11.6 Å². The zero-order valence-electron chi connectivity index (χ0n) is 4.15. The van der Waals surface area contributed by atoms with Crippen LogP contribution in [0.2, 0.25) is 0 Å². The SMILES string of the molecule is F[C](F)C(F)(F)C(F)(F)Cl. The van der Waals surface area contributed by atoms with Gasteiger partial charge in [-0.3, -0.25) is 0 Å². The van der Waals surface area contributed by atoms with Gasteiger partial charge in [-0.05, 0) is 11.6 Å². The monoisotopic (exact) mass is 185 g/mol. The lowest BCUT2D eigenvalue weighted by atomic mass is 10.4. The highest BCUT2D eigenvalue weighted by Crippen LogP contribution is 2.45. The molecule has 0 aliphatic carbocycles. The molecule has 0 aromatic rings. The fourth-order valence-electron chi connectivity index (χ4n) is 0.107. The Bertz CT molecular complexity index is 115. The summed E-state index contributed by atoms with van der Waals surface area (Å²) in [4.78, 5) is 0. The molecule has 0 heterocycles. The summed E-state index contributed by atoms with van der Waals surface area (Å²) in [6, 6.07) is 0. The van der Waals surface area contributed by atoms with E-state index in [4.69, 9.17) is 0 Å². The maximum absolute atomic E-state index is 11.4. The van der Waals surface area contributed by atoms with Gasteiger partial charge in [0, 0.05) is 0 Å². The molecule has 0 atom stereocenters. The van der Waals surface area contributed by atoms with E-state index in [2.05, 4.69) is 11.6 Å². The lowest BCUT2D eigenvalue weighted by Crippen LogP contribution is -2.38. The van der Waals surface area contributed by atoms with E-state index < -0.39 is 17.7 Å². The molecule has 0 aromatic heterocycles. The lowest BCUT2D eigenvalue weighted by molar-refractivity contribution is -0.182.